The minimum atomic E-state index is -1.14. The molecule has 1 aliphatic heterocycles. The maximum atomic E-state index is 12.7. The van der Waals surface area contributed by atoms with Gasteiger partial charge in [-0.2, -0.15) is 0 Å². The van der Waals surface area contributed by atoms with Crippen LogP contribution in [0.1, 0.15) is 16.7 Å². The van der Waals surface area contributed by atoms with Gasteiger partial charge in [0.25, 0.3) is 5.91 Å². The first-order valence-electron chi connectivity index (χ1n) is 9.21. The summed E-state index contributed by atoms with van der Waals surface area (Å²) in [5.74, 6) is -2.08. The minimum absolute atomic E-state index is 0.146. The number of rotatable bonds is 7. The van der Waals surface area contributed by atoms with Crippen molar-refractivity contribution in [1.82, 2.24) is 10.2 Å². The summed E-state index contributed by atoms with van der Waals surface area (Å²) in [4.78, 5) is 38.3. The molecule has 1 aliphatic rings. The van der Waals surface area contributed by atoms with Gasteiger partial charge in [0.15, 0.2) is 0 Å². The van der Waals surface area contributed by atoms with Crippen molar-refractivity contribution >= 4 is 52.2 Å². The number of carboxylic acids is 1. The van der Waals surface area contributed by atoms with E-state index in [1.54, 1.807) is 30.3 Å². The number of thiocarbonyl (C=S) groups is 1. The minimum Gasteiger partial charge on any atom is -0.480 e. The number of carbonyl (C=O) groups is 3. The van der Waals surface area contributed by atoms with Gasteiger partial charge in [0.05, 0.1) is 4.91 Å². The zero-order chi connectivity index (χ0) is 21.7. The molecule has 0 spiro atoms. The zero-order valence-corrected chi connectivity index (χ0v) is 17.8. The van der Waals surface area contributed by atoms with E-state index in [4.69, 9.17) is 12.2 Å². The molecule has 0 radical (unpaired) electrons. The van der Waals surface area contributed by atoms with Crippen molar-refractivity contribution in [2.24, 2.45) is 0 Å². The lowest BCUT2D eigenvalue weighted by atomic mass is 10.1. The van der Waals surface area contributed by atoms with Gasteiger partial charge < -0.3 is 10.4 Å². The van der Waals surface area contributed by atoms with Gasteiger partial charge in [-0.1, -0.05) is 84.1 Å². The van der Waals surface area contributed by atoms with E-state index in [9.17, 15) is 19.5 Å². The fourth-order valence-corrected chi connectivity index (χ4v) is 4.14. The van der Waals surface area contributed by atoms with Crippen molar-refractivity contribution in [2.45, 2.75) is 19.4 Å². The van der Waals surface area contributed by atoms with Gasteiger partial charge in [-0.25, -0.2) is 4.79 Å². The molecule has 1 heterocycles. The average Bonchev–Trinajstić information content (AvgIpc) is 2.97. The summed E-state index contributed by atoms with van der Waals surface area (Å²) >= 11 is 6.37. The van der Waals surface area contributed by atoms with Crippen LogP contribution in [0.4, 0.5) is 0 Å². The number of hydrogen-bond acceptors (Lipinski definition) is 5. The normalized spacial score (nSPS) is 16.0. The molecule has 2 amide bonds. The largest absolute Gasteiger partial charge is 0.480 e. The first-order valence-corrected chi connectivity index (χ1v) is 10.4. The Morgan fingerprint density at radius 3 is 2.47 bits per heavy atom. The van der Waals surface area contributed by atoms with Gasteiger partial charge in [0.1, 0.15) is 16.9 Å². The summed E-state index contributed by atoms with van der Waals surface area (Å²) in [5, 5.41) is 11.9. The third-order valence-corrected chi connectivity index (χ3v) is 5.84. The summed E-state index contributed by atoms with van der Waals surface area (Å²) in [6.45, 7) is 1.65. The SMILES string of the molecule is Cc1ccc(C=C2SC(=S)N(CC(=O)NC(Cc3ccccc3)C(=O)O)C2=O)cc1. The summed E-state index contributed by atoms with van der Waals surface area (Å²) in [7, 11) is 0. The number of amides is 2. The van der Waals surface area contributed by atoms with Crippen molar-refractivity contribution in [1.29, 1.82) is 0 Å². The van der Waals surface area contributed by atoms with Crippen molar-refractivity contribution in [3.8, 4) is 0 Å². The highest BCUT2D eigenvalue weighted by Crippen LogP contribution is 2.32. The van der Waals surface area contributed by atoms with Crippen molar-refractivity contribution in [3.63, 3.8) is 0 Å². The molecule has 1 saturated heterocycles. The van der Waals surface area contributed by atoms with Gasteiger partial charge in [-0.05, 0) is 24.1 Å². The van der Waals surface area contributed by atoms with Crippen LogP contribution in [0.3, 0.4) is 0 Å². The molecule has 3 rings (SSSR count). The molecular formula is C22H20N2O4S2. The number of aliphatic carboxylic acids is 1. The standard InChI is InChI=1S/C22H20N2O4S2/c1-14-7-9-16(10-8-14)12-18-20(26)24(22(29)30-18)13-19(25)23-17(21(27)28)11-15-5-3-2-4-6-15/h2-10,12,17H,11,13H2,1H3,(H,23,25)(H,27,28). The Bertz CT molecular complexity index is 1000. The Morgan fingerprint density at radius 2 is 1.83 bits per heavy atom. The fourth-order valence-electron chi connectivity index (χ4n) is 2.88. The van der Waals surface area contributed by atoms with Crippen LogP contribution in [0.2, 0.25) is 0 Å². The first kappa shape index (κ1) is 21.7. The lowest BCUT2D eigenvalue weighted by Crippen LogP contribution is -2.47. The lowest BCUT2D eigenvalue weighted by Gasteiger charge is -2.18. The van der Waals surface area contributed by atoms with Crippen LogP contribution in [0.5, 0.6) is 0 Å². The maximum absolute atomic E-state index is 12.7. The van der Waals surface area contributed by atoms with Gasteiger partial charge >= 0.3 is 5.97 Å². The van der Waals surface area contributed by atoms with Crippen LogP contribution in [-0.4, -0.2) is 44.7 Å². The number of thioether (sulfide) groups is 1. The van der Waals surface area contributed by atoms with Crippen LogP contribution in [0.25, 0.3) is 6.08 Å². The highest BCUT2D eigenvalue weighted by molar-refractivity contribution is 8.26. The van der Waals surface area contributed by atoms with Crippen molar-refractivity contribution in [2.75, 3.05) is 6.54 Å². The molecule has 2 aromatic carbocycles. The Hall–Kier alpha value is -2.97. The number of benzene rings is 2. The number of carbonyl (C=O) groups excluding carboxylic acids is 2. The third-order valence-electron chi connectivity index (χ3n) is 4.47. The molecule has 2 N–H and O–H groups in total. The summed E-state index contributed by atoms with van der Waals surface area (Å²) < 4.78 is 0.267. The van der Waals surface area contributed by atoms with Crippen LogP contribution < -0.4 is 5.32 Å². The van der Waals surface area contributed by atoms with Gasteiger partial charge in [-0.15, -0.1) is 0 Å². The fraction of sp³-hybridized carbons (Fsp3) is 0.182. The third kappa shape index (κ3) is 5.55. The van der Waals surface area contributed by atoms with E-state index in [1.165, 1.54) is 4.90 Å². The van der Waals surface area contributed by atoms with Gasteiger partial charge in [0, 0.05) is 6.42 Å². The summed E-state index contributed by atoms with van der Waals surface area (Å²) in [5.41, 5.74) is 2.76. The second kappa shape index (κ2) is 9.69. The monoisotopic (exact) mass is 440 g/mol. The molecule has 8 heteroatoms. The highest BCUT2D eigenvalue weighted by atomic mass is 32.2. The molecule has 1 atom stereocenters. The van der Waals surface area contributed by atoms with E-state index in [0.717, 1.165) is 28.5 Å². The van der Waals surface area contributed by atoms with E-state index in [-0.39, 0.29) is 23.2 Å². The summed E-state index contributed by atoms with van der Waals surface area (Å²) in [6.07, 6.45) is 1.87. The second-order valence-corrected chi connectivity index (χ2v) is 8.50. The maximum Gasteiger partial charge on any atom is 0.326 e. The Morgan fingerprint density at radius 1 is 1.17 bits per heavy atom. The van der Waals surface area contributed by atoms with Crippen molar-refractivity contribution in [3.05, 3.63) is 76.2 Å². The molecule has 0 aliphatic carbocycles. The zero-order valence-electron chi connectivity index (χ0n) is 16.2. The topological polar surface area (TPSA) is 86.7 Å². The van der Waals surface area contributed by atoms with Gasteiger partial charge in [0.2, 0.25) is 5.91 Å². The molecule has 0 saturated carbocycles. The van der Waals surface area contributed by atoms with Gasteiger partial charge in [-0.3, -0.25) is 14.5 Å². The van der Waals surface area contributed by atoms with Crippen LogP contribution in [-0.2, 0) is 20.8 Å². The molecule has 0 aromatic heterocycles. The number of nitrogens with zero attached hydrogens (tertiary/aromatic N) is 1. The van der Waals surface area contributed by atoms with E-state index in [0.29, 0.717) is 4.91 Å². The highest BCUT2D eigenvalue weighted by Gasteiger charge is 2.34. The summed E-state index contributed by atoms with van der Waals surface area (Å²) in [6, 6.07) is 15.6. The van der Waals surface area contributed by atoms with E-state index in [1.807, 2.05) is 37.3 Å². The Labute approximate surface area is 184 Å². The number of hydrogen-bond donors (Lipinski definition) is 2. The molecule has 1 fully saturated rings. The van der Waals surface area contributed by atoms with E-state index in [2.05, 4.69) is 5.32 Å². The predicted octanol–water partition coefficient (Wildman–Crippen LogP) is 3.01. The molecule has 6 nitrogen and oxygen atoms in total. The van der Waals surface area contributed by atoms with Crippen LogP contribution in [0, 0.1) is 6.92 Å². The average molecular weight is 441 g/mol. The Kier molecular flexibility index (Phi) is 7.02. The second-order valence-electron chi connectivity index (χ2n) is 6.83. The lowest BCUT2D eigenvalue weighted by molar-refractivity contribution is -0.142. The molecular weight excluding hydrogens is 420 g/mol. The molecule has 30 heavy (non-hydrogen) atoms. The van der Waals surface area contributed by atoms with Crippen molar-refractivity contribution < 1.29 is 19.5 Å². The van der Waals surface area contributed by atoms with Crippen LogP contribution in [0.15, 0.2) is 59.5 Å². The van der Waals surface area contributed by atoms with E-state index >= 15 is 0 Å². The quantitative estimate of drug-likeness (QED) is 0.509. The molecule has 0 bridgehead atoms. The predicted molar refractivity (Wildman–Crippen MR) is 121 cm³/mol. The number of carboxylic acid groups (broad SMARTS) is 1. The molecule has 154 valence electrons. The first-order chi connectivity index (χ1) is 14.3. The molecule has 2 aromatic rings. The Balaban J connectivity index is 1.65. The number of nitrogens with one attached hydrogen (secondary N) is 1. The van der Waals surface area contributed by atoms with Crippen LogP contribution >= 0.6 is 24.0 Å². The molecule has 1 unspecified atom stereocenters. The van der Waals surface area contributed by atoms with E-state index < -0.39 is 17.9 Å². The smallest absolute Gasteiger partial charge is 0.326 e. The number of aryl methyl sites for hydroxylation is 1.